The van der Waals surface area contributed by atoms with E-state index >= 15 is 0 Å². The molecule has 0 amide bonds. The van der Waals surface area contributed by atoms with Crippen LogP contribution in [0.5, 0.6) is 5.75 Å². The molecule has 0 aromatic heterocycles. The minimum Gasteiger partial charge on any atom is -0.508 e. The average molecular weight is 185 g/mol. The number of phenolic OH excluding ortho intramolecular Hbond substituents is 1. The number of nitrogens with two attached hydrogens (primary N) is 1. The number of aliphatic hydroxyl groups excluding tert-OH is 1. The first-order chi connectivity index (χ1) is 6.15. The second-order valence-electron chi connectivity index (χ2n) is 2.80. The minimum absolute atomic E-state index is 0.152. The quantitative estimate of drug-likeness (QED) is 0.655. The number of rotatable bonds is 3. The summed E-state index contributed by atoms with van der Waals surface area (Å²) in [6, 6.07) is 3.65. The van der Waals surface area contributed by atoms with E-state index in [1.807, 2.05) is 0 Å². The van der Waals surface area contributed by atoms with Crippen LogP contribution in [0.25, 0.3) is 0 Å². The number of hydrogen-bond acceptors (Lipinski definition) is 3. The number of hydrogen-bond donors (Lipinski definition) is 3. The van der Waals surface area contributed by atoms with Crippen molar-refractivity contribution >= 4 is 0 Å². The van der Waals surface area contributed by atoms with Crippen LogP contribution in [0, 0.1) is 5.82 Å². The van der Waals surface area contributed by atoms with E-state index in [-0.39, 0.29) is 11.3 Å². The van der Waals surface area contributed by atoms with Crippen molar-refractivity contribution in [3.63, 3.8) is 0 Å². The summed E-state index contributed by atoms with van der Waals surface area (Å²) < 4.78 is 13.1. The van der Waals surface area contributed by atoms with Crippen molar-refractivity contribution in [3.8, 4) is 5.75 Å². The van der Waals surface area contributed by atoms with Crippen molar-refractivity contribution < 1.29 is 14.6 Å². The standard InChI is InChI=1S/C9H12FNO2/c10-8-5-6(12)1-2-7(8)9(13)3-4-11/h1-2,5,9,12-13H,3-4,11H2. The third-order valence-electron chi connectivity index (χ3n) is 1.78. The van der Waals surface area contributed by atoms with Crippen molar-refractivity contribution in [3.05, 3.63) is 29.6 Å². The predicted octanol–water partition coefficient (Wildman–Crippen LogP) is 0.914. The second-order valence-corrected chi connectivity index (χ2v) is 2.80. The zero-order valence-electron chi connectivity index (χ0n) is 7.07. The van der Waals surface area contributed by atoms with Gasteiger partial charge in [0.15, 0.2) is 0 Å². The fraction of sp³-hybridized carbons (Fsp3) is 0.333. The SMILES string of the molecule is NCCC(O)c1ccc(O)cc1F. The van der Waals surface area contributed by atoms with Crippen LogP contribution in [-0.4, -0.2) is 16.8 Å². The highest BCUT2D eigenvalue weighted by atomic mass is 19.1. The molecule has 3 nitrogen and oxygen atoms in total. The van der Waals surface area contributed by atoms with Gasteiger partial charge >= 0.3 is 0 Å². The molecule has 0 heterocycles. The van der Waals surface area contributed by atoms with Gasteiger partial charge in [-0.05, 0) is 25.1 Å². The number of halogens is 1. The lowest BCUT2D eigenvalue weighted by molar-refractivity contribution is 0.165. The first-order valence-corrected chi connectivity index (χ1v) is 4.01. The Hall–Kier alpha value is -1.13. The van der Waals surface area contributed by atoms with E-state index in [0.29, 0.717) is 13.0 Å². The van der Waals surface area contributed by atoms with Gasteiger partial charge in [-0.2, -0.15) is 0 Å². The Kier molecular flexibility index (Phi) is 3.22. The fourth-order valence-corrected chi connectivity index (χ4v) is 1.10. The van der Waals surface area contributed by atoms with Gasteiger partial charge in [0, 0.05) is 11.6 Å². The zero-order chi connectivity index (χ0) is 9.84. The molecule has 0 bridgehead atoms. The summed E-state index contributed by atoms with van der Waals surface area (Å²) in [5.41, 5.74) is 5.38. The molecule has 0 aliphatic rings. The van der Waals surface area contributed by atoms with Crippen molar-refractivity contribution in [1.82, 2.24) is 0 Å². The third kappa shape index (κ3) is 2.40. The van der Waals surface area contributed by atoms with Crippen LogP contribution >= 0.6 is 0 Å². The van der Waals surface area contributed by atoms with E-state index in [0.717, 1.165) is 6.07 Å². The average Bonchev–Trinajstić information content (AvgIpc) is 2.04. The Balaban J connectivity index is 2.88. The van der Waals surface area contributed by atoms with Gasteiger partial charge in [0.1, 0.15) is 11.6 Å². The van der Waals surface area contributed by atoms with Crippen molar-refractivity contribution in [2.75, 3.05) is 6.54 Å². The highest BCUT2D eigenvalue weighted by molar-refractivity contribution is 5.29. The maximum Gasteiger partial charge on any atom is 0.132 e. The molecule has 0 saturated heterocycles. The lowest BCUT2D eigenvalue weighted by atomic mass is 10.1. The van der Waals surface area contributed by atoms with E-state index in [1.165, 1.54) is 12.1 Å². The van der Waals surface area contributed by atoms with E-state index in [1.54, 1.807) is 0 Å². The van der Waals surface area contributed by atoms with Crippen LogP contribution in [-0.2, 0) is 0 Å². The molecule has 4 N–H and O–H groups in total. The molecule has 1 aromatic rings. The smallest absolute Gasteiger partial charge is 0.132 e. The van der Waals surface area contributed by atoms with Gasteiger partial charge in [0.05, 0.1) is 6.10 Å². The van der Waals surface area contributed by atoms with Gasteiger partial charge in [0.25, 0.3) is 0 Å². The van der Waals surface area contributed by atoms with Crippen molar-refractivity contribution in [2.45, 2.75) is 12.5 Å². The Morgan fingerprint density at radius 1 is 1.46 bits per heavy atom. The molecule has 72 valence electrons. The molecule has 0 spiro atoms. The molecule has 1 unspecified atom stereocenters. The monoisotopic (exact) mass is 185 g/mol. The molecule has 1 aromatic carbocycles. The molecule has 4 heteroatoms. The molecule has 0 saturated carbocycles. The van der Waals surface area contributed by atoms with Crippen molar-refractivity contribution in [1.29, 1.82) is 0 Å². The lowest BCUT2D eigenvalue weighted by Crippen LogP contribution is -2.08. The molecule has 0 radical (unpaired) electrons. The van der Waals surface area contributed by atoms with Gasteiger partial charge in [-0.15, -0.1) is 0 Å². The topological polar surface area (TPSA) is 66.5 Å². The number of aliphatic hydroxyl groups is 1. The van der Waals surface area contributed by atoms with Gasteiger partial charge < -0.3 is 15.9 Å². The van der Waals surface area contributed by atoms with Crippen LogP contribution in [0.4, 0.5) is 4.39 Å². The van der Waals surface area contributed by atoms with E-state index in [4.69, 9.17) is 10.8 Å². The Morgan fingerprint density at radius 3 is 2.69 bits per heavy atom. The van der Waals surface area contributed by atoms with Crippen LogP contribution in [0.2, 0.25) is 0 Å². The minimum atomic E-state index is -0.898. The molecule has 0 fully saturated rings. The van der Waals surface area contributed by atoms with Crippen LogP contribution in [0.15, 0.2) is 18.2 Å². The molecule has 1 rings (SSSR count). The summed E-state index contributed by atoms with van der Waals surface area (Å²) in [6.45, 7) is 0.293. The molecular weight excluding hydrogens is 173 g/mol. The first kappa shape index (κ1) is 9.95. The largest absolute Gasteiger partial charge is 0.508 e. The van der Waals surface area contributed by atoms with Gasteiger partial charge in [-0.1, -0.05) is 0 Å². The lowest BCUT2D eigenvalue weighted by Gasteiger charge is -2.10. The summed E-state index contributed by atoms with van der Waals surface area (Å²) in [5.74, 6) is -0.762. The van der Waals surface area contributed by atoms with Crippen LogP contribution in [0.1, 0.15) is 18.1 Å². The molecule has 13 heavy (non-hydrogen) atoms. The molecular formula is C9H12FNO2. The highest BCUT2D eigenvalue weighted by Gasteiger charge is 2.11. The number of aromatic hydroxyl groups is 1. The van der Waals surface area contributed by atoms with Gasteiger partial charge in [-0.25, -0.2) is 4.39 Å². The molecule has 0 aliphatic heterocycles. The first-order valence-electron chi connectivity index (χ1n) is 4.01. The summed E-state index contributed by atoms with van der Waals surface area (Å²) in [5, 5.41) is 18.3. The van der Waals surface area contributed by atoms with Crippen LogP contribution < -0.4 is 5.73 Å². The zero-order valence-corrected chi connectivity index (χ0v) is 7.07. The number of benzene rings is 1. The van der Waals surface area contributed by atoms with E-state index in [2.05, 4.69) is 0 Å². The maximum absolute atomic E-state index is 13.1. The summed E-state index contributed by atoms with van der Waals surface area (Å²) in [7, 11) is 0. The maximum atomic E-state index is 13.1. The molecule has 1 atom stereocenters. The van der Waals surface area contributed by atoms with Crippen LogP contribution in [0.3, 0.4) is 0 Å². The Morgan fingerprint density at radius 2 is 2.15 bits per heavy atom. The van der Waals surface area contributed by atoms with Gasteiger partial charge in [-0.3, -0.25) is 0 Å². The highest BCUT2D eigenvalue weighted by Crippen LogP contribution is 2.22. The van der Waals surface area contributed by atoms with E-state index in [9.17, 15) is 9.50 Å². The van der Waals surface area contributed by atoms with Gasteiger partial charge in [0.2, 0.25) is 0 Å². The normalized spacial score (nSPS) is 12.8. The molecule has 0 aliphatic carbocycles. The van der Waals surface area contributed by atoms with Crippen molar-refractivity contribution in [2.24, 2.45) is 5.73 Å². The summed E-state index contributed by atoms with van der Waals surface area (Å²) in [6.07, 6.45) is -0.590. The Labute approximate surface area is 75.6 Å². The summed E-state index contributed by atoms with van der Waals surface area (Å²) >= 11 is 0. The fourth-order valence-electron chi connectivity index (χ4n) is 1.10. The number of phenols is 1. The Bertz CT molecular complexity index is 291. The second kappa shape index (κ2) is 4.20. The predicted molar refractivity (Wildman–Crippen MR) is 46.7 cm³/mol. The summed E-state index contributed by atoms with van der Waals surface area (Å²) in [4.78, 5) is 0. The van der Waals surface area contributed by atoms with E-state index < -0.39 is 11.9 Å². The third-order valence-corrected chi connectivity index (χ3v) is 1.78.